The lowest BCUT2D eigenvalue weighted by Gasteiger charge is -2.35. The maximum atomic E-state index is 12.5. The van der Waals surface area contributed by atoms with E-state index in [2.05, 4.69) is 14.9 Å². The summed E-state index contributed by atoms with van der Waals surface area (Å²) in [5.74, 6) is 0. The van der Waals surface area contributed by atoms with Gasteiger partial charge in [0.1, 0.15) is 4.90 Å². The number of sulfonamides is 1. The SMILES string of the molecule is Cc1[nH]nc(CN)c1S(=O)(=O)NC1CCOC(C)(C)C1. The molecule has 1 aromatic heterocycles. The second kappa shape index (κ2) is 5.44. The van der Waals surface area contributed by atoms with Gasteiger partial charge in [-0.25, -0.2) is 13.1 Å². The molecule has 0 spiro atoms. The molecule has 7 nitrogen and oxygen atoms in total. The summed E-state index contributed by atoms with van der Waals surface area (Å²) < 4.78 is 33.4. The molecule has 1 saturated heterocycles. The van der Waals surface area contributed by atoms with Gasteiger partial charge < -0.3 is 10.5 Å². The minimum atomic E-state index is -3.62. The zero-order valence-corrected chi connectivity index (χ0v) is 12.9. The average Bonchev–Trinajstić information content (AvgIpc) is 2.69. The highest BCUT2D eigenvalue weighted by molar-refractivity contribution is 7.89. The van der Waals surface area contributed by atoms with Crippen molar-refractivity contribution in [1.29, 1.82) is 0 Å². The van der Waals surface area contributed by atoms with E-state index in [1.165, 1.54) is 0 Å². The fourth-order valence-electron chi connectivity index (χ4n) is 2.58. The number of rotatable bonds is 4. The smallest absolute Gasteiger partial charge is 0.244 e. The van der Waals surface area contributed by atoms with E-state index in [9.17, 15) is 8.42 Å². The second-order valence-electron chi connectivity index (χ2n) is 5.75. The number of ether oxygens (including phenoxy) is 1. The molecular weight excluding hydrogens is 280 g/mol. The number of aryl methyl sites for hydroxylation is 1. The topological polar surface area (TPSA) is 110 Å². The molecule has 2 rings (SSSR count). The van der Waals surface area contributed by atoms with Crippen LogP contribution in [0.4, 0.5) is 0 Å². The molecule has 2 heterocycles. The Kier molecular flexibility index (Phi) is 4.19. The van der Waals surface area contributed by atoms with E-state index in [1.807, 2.05) is 13.8 Å². The van der Waals surface area contributed by atoms with Gasteiger partial charge in [0.2, 0.25) is 10.0 Å². The summed E-state index contributed by atoms with van der Waals surface area (Å²) in [6.07, 6.45) is 1.30. The van der Waals surface area contributed by atoms with Crippen LogP contribution in [0.15, 0.2) is 4.90 Å². The van der Waals surface area contributed by atoms with Gasteiger partial charge in [-0.15, -0.1) is 0 Å². The predicted molar refractivity (Wildman–Crippen MR) is 74.6 cm³/mol. The molecule has 1 atom stereocenters. The molecule has 1 unspecified atom stereocenters. The number of aromatic amines is 1. The van der Waals surface area contributed by atoms with Crippen LogP contribution in [-0.2, 0) is 21.3 Å². The standard InChI is InChI=1S/C12H22N4O3S/c1-8-11(10(7-13)15-14-8)20(17,18)16-9-4-5-19-12(2,3)6-9/h9,16H,4-7,13H2,1-3H3,(H,14,15). The van der Waals surface area contributed by atoms with Crippen molar-refractivity contribution >= 4 is 10.0 Å². The van der Waals surface area contributed by atoms with Gasteiger partial charge in [0.15, 0.2) is 0 Å². The molecule has 0 radical (unpaired) electrons. The van der Waals surface area contributed by atoms with Crippen LogP contribution in [0, 0.1) is 6.92 Å². The van der Waals surface area contributed by atoms with Crippen LogP contribution in [0.3, 0.4) is 0 Å². The van der Waals surface area contributed by atoms with Crippen LogP contribution in [0.2, 0.25) is 0 Å². The van der Waals surface area contributed by atoms with Gasteiger partial charge in [-0.3, -0.25) is 5.10 Å². The number of nitrogens with two attached hydrogens (primary N) is 1. The molecule has 8 heteroatoms. The summed E-state index contributed by atoms with van der Waals surface area (Å²) in [4.78, 5) is 0.171. The summed E-state index contributed by atoms with van der Waals surface area (Å²) in [6.45, 7) is 6.23. The van der Waals surface area contributed by atoms with Crippen LogP contribution >= 0.6 is 0 Å². The Bertz CT molecular complexity index is 580. The van der Waals surface area contributed by atoms with Gasteiger partial charge in [0.25, 0.3) is 0 Å². The summed E-state index contributed by atoms with van der Waals surface area (Å²) in [6, 6.07) is -0.135. The molecule has 114 valence electrons. The Balaban J connectivity index is 2.21. The minimum absolute atomic E-state index is 0.0832. The van der Waals surface area contributed by atoms with E-state index >= 15 is 0 Å². The first kappa shape index (κ1) is 15.4. The van der Waals surface area contributed by atoms with E-state index in [1.54, 1.807) is 6.92 Å². The van der Waals surface area contributed by atoms with Crippen molar-refractivity contribution in [3.63, 3.8) is 0 Å². The third kappa shape index (κ3) is 3.20. The van der Waals surface area contributed by atoms with Crippen molar-refractivity contribution in [2.75, 3.05) is 6.61 Å². The number of hydrogen-bond acceptors (Lipinski definition) is 5. The maximum Gasteiger partial charge on any atom is 0.244 e. The van der Waals surface area contributed by atoms with Gasteiger partial charge in [0, 0.05) is 19.2 Å². The van der Waals surface area contributed by atoms with E-state index in [0.29, 0.717) is 30.8 Å². The third-order valence-corrected chi connectivity index (χ3v) is 5.17. The maximum absolute atomic E-state index is 12.5. The van der Waals surface area contributed by atoms with Gasteiger partial charge >= 0.3 is 0 Å². The first-order chi connectivity index (χ1) is 9.25. The lowest BCUT2D eigenvalue weighted by molar-refractivity contribution is -0.0599. The van der Waals surface area contributed by atoms with Crippen molar-refractivity contribution in [1.82, 2.24) is 14.9 Å². The number of H-pyrrole nitrogens is 1. The Labute approximate surface area is 119 Å². The first-order valence-electron chi connectivity index (χ1n) is 6.65. The minimum Gasteiger partial charge on any atom is -0.375 e. The summed E-state index contributed by atoms with van der Waals surface area (Å²) in [5, 5.41) is 6.60. The van der Waals surface area contributed by atoms with Crippen molar-refractivity contribution in [3.8, 4) is 0 Å². The molecule has 0 aliphatic carbocycles. The normalized spacial score (nSPS) is 22.9. The van der Waals surface area contributed by atoms with Gasteiger partial charge in [-0.2, -0.15) is 5.10 Å². The lowest BCUT2D eigenvalue weighted by Crippen LogP contribution is -2.45. The fraction of sp³-hybridized carbons (Fsp3) is 0.750. The molecule has 0 saturated carbocycles. The van der Waals surface area contributed by atoms with Crippen LogP contribution in [0.1, 0.15) is 38.1 Å². The van der Waals surface area contributed by atoms with E-state index < -0.39 is 10.0 Å². The Morgan fingerprint density at radius 1 is 1.55 bits per heavy atom. The van der Waals surface area contributed by atoms with E-state index in [4.69, 9.17) is 10.5 Å². The lowest BCUT2D eigenvalue weighted by atomic mass is 9.95. The number of aromatic nitrogens is 2. The molecule has 0 aromatic carbocycles. The molecule has 1 aliphatic rings. The molecule has 1 aliphatic heterocycles. The van der Waals surface area contributed by atoms with Crippen molar-refractivity contribution in [3.05, 3.63) is 11.4 Å². The fourth-order valence-corrected chi connectivity index (χ4v) is 4.22. The zero-order valence-electron chi connectivity index (χ0n) is 12.1. The predicted octanol–water partition coefficient (Wildman–Crippen LogP) is 0.413. The Morgan fingerprint density at radius 3 is 2.85 bits per heavy atom. The summed E-state index contributed by atoms with van der Waals surface area (Å²) >= 11 is 0. The van der Waals surface area contributed by atoms with Crippen molar-refractivity contribution < 1.29 is 13.2 Å². The second-order valence-corrected chi connectivity index (χ2v) is 7.40. The number of nitrogens with zero attached hydrogens (tertiary/aromatic N) is 1. The first-order valence-corrected chi connectivity index (χ1v) is 8.14. The summed E-state index contributed by atoms with van der Waals surface area (Å²) in [7, 11) is -3.62. The quantitative estimate of drug-likeness (QED) is 0.746. The van der Waals surface area contributed by atoms with Gasteiger partial charge in [-0.1, -0.05) is 0 Å². The largest absolute Gasteiger partial charge is 0.375 e. The van der Waals surface area contributed by atoms with Gasteiger partial charge in [-0.05, 0) is 33.6 Å². The molecule has 4 N–H and O–H groups in total. The van der Waals surface area contributed by atoms with Crippen molar-refractivity contribution in [2.24, 2.45) is 5.73 Å². The van der Waals surface area contributed by atoms with E-state index in [0.717, 1.165) is 0 Å². The van der Waals surface area contributed by atoms with Crippen LogP contribution in [0.5, 0.6) is 0 Å². The Morgan fingerprint density at radius 2 is 2.25 bits per heavy atom. The monoisotopic (exact) mass is 302 g/mol. The average molecular weight is 302 g/mol. The molecule has 20 heavy (non-hydrogen) atoms. The Hall–Kier alpha value is -0.960. The molecule has 0 amide bonds. The third-order valence-electron chi connectivity index (χ3n) is 3.44. The number of hydrogen-bond donors (Lipinski definition) is 3. The highest BCUT2D eigenvalue weighted by Gasteiger charge is 2.33. The molecule has 0 bridgehead atoms. The van der Waals surface area contributed by atoms with Gasteiger partial charge in [0.05, 0.1) is 17.0 Å². The number of nitrogens with one attached hydrogen (secondary N) is 2. The van der Waals surface area contributed by atoms with Crippen LogP contribution in [0.25, 0.3) is 0 Å². The molecule has 1 aromatic rings. The molecule has 1 fully saturated rings. The van der Waals surface area contributed by atoms with Crippen molar-refractivity contribution in [2.45, 2.75) is 56.7 Å². The zero-order chi connectivity index (χ0) is 15.0. The highest BCUT2D eigenvalue weighted by atomic mass is 32.2. The molecular formula is C12H22N4O3S. The van der Waals surface area contributed by atoms with Crippen LogP contribution < -0.4 is 10.5 Å². The highest BCUT2D eigenvalue weighted by Crippen LogP contribution is 2.26. The van der Waals surface area contributed by atoms with E-state index in [-0.39, 0.29) is 23.1 Å². The summed E-state index contributed by atoms with van der Waals surface area (Å²) in [5.41, 5.74) is 6.10. The van der Waals surface area contributed by atoms with Crippen LogP contribution in [-0.4, -0.2) is 36.9 Å².